The molecule has 0 N–H and O–H groups in total. The molecule has 0 atom stereocenters. The molecule has 11 heteroatoms. The highest BCUT2D eigenvalue weighted by molar-refractivity contribution is 7.89. The fourth-order valence-corrected chi connectivity index (χ4v) is 4.82. The van der Waals surface area contributed by atoms with Crippen molar-refractivity contribution in [3.63, 3.8) is 0 Å². The van der Waals surface area contributed by atoms with E-state index in [2.05, 4.69) is 14.9 Å². The van der Waals surface area contributed by atoms with Crippen LogP contribution in [0, 0.1) is 0 Å². The van der Waals surface area contributed by atoms with Crippen molar-refractivity contribution < 1.29 is 22.6 Å². The molecule has 1 saturated heterocycles. The van der Waals surface area contributed by atoms with Crippen molar-refractivity contribution in [2.45, 2.75) is 4.90 Å². The molecular formula is C18H17ClN4O5S. The van der Waals surface area contributed by atoms with Crippen molar-refractivity contribution >= 4 is 38.6 Å². The number of para-hydroxylation sites is 1. The standard InChI is InChI=1S/C18H17ClN4O5S/c19-14-6-7-15(18-17(14)20-28-21-18)29(25,26)23-10-8-22(9-11-23)16(24)12-27-13-4-2-1-3-5-13/h1-7H,8-12H2. The lowest BCUT2D eigenvalue weighted by atomic mass is 10.3. The van der Waals surface area contributed by atoms with Gasteiger partial charge in [0.15, 0.2) is 17.6 Å². The Balaban J connectivity index is 1.41. The molecule has 29 heavy (non-hydrogen) atoms. The van der Waals surface area contributed by atoms with E-state index < -0.39 is 10.0 Å². The largest absolute Gasteiger partial charge is 0.484 e. The number of benzene rings is 2. The summed E-state index contributed by atoms with van der Waals surface area (Å²) in [6, 6.07) is 11.9. The van der Waals surface area contributed by atoms with Gasteiger partial charge in [0.1, 0.15) is 10.6 Å². The van der Waals surface area contributed by atoms with Crippen molar-refractivity contribution in [2.75, 3.05) is 32.8 Å². The highest BCUT2D eigenvalue weighted by atomic mass is 35.5. The zero-order valence-electron chi connectivity index (χ0n) is 15.2. The molecule has 9 nitrogen and oxygen atoms in total. The lowest BCUT2D eigenvalue weighted by molar-refractivity contribution is -0.134. The Morgan fingerprint density at radius 1 is 1.03 bits per heavy atom. The third kappa shape index (κ3) is 3.91. The maximum atomic E-state index is 13.0. The van der Waals surface area contributed by atoms with Gasteiger partial charge in [-0.05, 0) is 34.6 Å². The highest BCUT2D eigenvalue weighted by Gasteiger charge is 2.32. The van der Waals surface area contributed by atoms with Gasteiger partial charge in [0.25, 0.3) is 5.91 Å². The molecule has 0 unspecified atom stereocenters. The molecule has 2 heterocycles. The van der Waals surface area contributed by atoms with Crippen LogP contribution in [0.2, 0.25) is 5.02 Å². The van der Waals surface area contributed by atoms with Crippen molar-refractivity contribution in [1.29, 1.82) is 0 Å². The molecule has 1 aromatic heterocycles. The number of hydrogen-bond acceptors (Lipinski definition) is 7. The van der Waals surface area contributed by atoms with E-state index in [9.17, 15) is 13.2 Å². The van der Waals surface area contributed by atoms with Gasteiger partial charge in [-0.2, -0.15) is 4.31 Å². The zero-order chi connectivity index (χ0) is 20.4. The molecule has 0 aliphatic carbocycles. The summed E-state index contributed by atoms with van der Waals surface area (Å²) in [5, 5.41) is 7.59. The Morgan fingerprint density at radius 2 is 1.72 bits per heavy atom. The van der Waals surface area contributed by atoms with Gasteiger partial charge in [0.2, 0.25) is 10.0 Å². The third-order valence-corrected chi connectivity index (χ3v) is 6.88. The molecule has 4 rings (SSSR count). The Bertz CT molecular complexity index is 1130. The van der Waals surface area contributed by atoms with Gasteiger partial charge in [-0.1, -0.05) is 29.8 Å². The minimum atomic E-state index is -3.84. The Kier molecular flexibility index (Phi) is 5.39. The van der Waals surface area contributed by atoms with Crippen LogP contribution < -0.4 is 4.74 Å². The number of halogens is 1. The maximum absolute atomic E-state index is 13.0. The van der Waals surface area contributed by atoms with Crippen molar-refractivity contribution in [2.24, 2.45) is 0 Å². The number of fused-ring (bicyclic) bond motifs is 1. The van der Waals surface area contributed by atoms with Crippen LogP contribution in [0.5, 0.6) is 5.75 Å². The van der Waals surface area contributed by atoms with E-state index in [0.717, 1.165) is 0 Å². The van der Waals surface area contributed by atoms with E-state index in [1.54, 1.807) is 17.0 Å². The van der Waals surface area contributed by atoms with Gasteiger partial charge in [-0.15, -0.1) is 0 Å². The molecule has 152 valence electrons. The van der Waals surface area contributed by atoms with Crippen LogP contribution in [-0.2, 0) is 14.8 Å². The number of ether oxygens (including phenoxy) is 1. The topological polar surface area (TPSA) is 106 Å². The highest BCUT2D eigenvalue weighted by Crippen LogP contribution is 2.29. The number of rotatable bonds is 5. The smallest absolute Gasteiger partial charge is 0.260 e. The first-order chi connectivity index (χ1) is 14.0. The summed E-state index contributed by atoms with van der Waals surface area (Å²) in [7, 11) is -3.84. The molecular weight excluding hydrogens is 420 g/mol. The lowest BCUT2D eigenvalue weighted by Gasteiger charge is -2.33. The second-order valence-corrected chi connectivity index (χ2v) is 8.71. The number of piperazine rings is 1. The number of nitrogens with zero attached hydrogens (tertiary/aromatic N) is 4. The molecule has 0 spiro atoms. The van der Waals surface area contributed by atoms with E-state index in [1.807, 2.05) is 18.2 Å². The average molecular weight is 437 g/mol. The normalized spacial score (nSPS) is 15.6. The van der Waals surface area contributed by atoms with Crippen molar-refractivity contribution in [3.05, 3.63) is 47.5 Å². The van der Waals surface area contributed by atoms with Crippen LogP contribution in [0.1, 0.15) is 0 Å². The molecule has 3 aromatic rings. The number of amides is 1. The molecule has 1 aliphatic heterocycles. The predicted octanol–water partition coefficient (Wildman–Crippen LogP) is 1.79. The first kappa shape index (κ1) is 19.6. The van der Waals surface area contributed by atoms with Crippen LogP contribution in [0.3, 0.4) is 0 Å². The van der Waals surface area contributed by atoms with Gasteiger partial charge in [0, 0.05) is 26.2 Å². The van der Waals surface area contributed by atoms with Gasteiger partial charge < -0.3 is 9.64 Å². The molecule has 1 amide bonds. The quantitative estimate of drug-likeness (QED) is 0.600. The van der Waals surface area contributed by atoms with Gasteiger partial charge in [-0.3, -0.25) is 4.79 Å². The Labute approximate surface area is 171 Å². The second-order valence-electron chi connectivity index (χ2n) is 6.39. The monoisotopic (exact) mass is 436 g/mol. The van der Waals surface area contributed by atoms with Crippen LogP contribution in [0.4, 0.5) is 0 Å². The summed E-state index contributed by atoms with van der Waals surface area (Å²) in [6.07, 6.45) is 0. The molecule has 0 saturated carbocycles. The summed E-state index contributed by atoms with van der Waals surface area (Å²) in [4.78, 5) is 13.9. The maximum Gasteiger partial charge on any atom is 0.260 e. The number of hydrogen-bond donors (Lipinski definition) is 0. The lowest BCUT2D eigenvalue weighted by Crippen LogP contribution is -2.51. The number of carbonyl (C=O) groups excluding carboxylic acids is 1. The zero-order valence-corrected chi connectivity index (χ0v) is 16.8. The number of carbonyl (C=O) groups is 1. The van der Waals surface area contributed by atoms with Crippen LogP contribution in [-0.4, -0.2) is 66.6 Å². The first-order valence-electron chi connectivity index (χ1n) is 8.83. The predicted molar refractivity (Wildman–Crippen MR) is 104 cm³/mol. The molecule has 0 radical (unpaired) electrons. The summed E-state index contributed by atoms with van der Waals surface area (Å²) < 4.78 is 37.5. The molecule has 1 fully saturated rings. The van der Waals surface area contributed by atoms with Gasteiger partial charge >= 0.3 is 0 Å². The number of aromatic nitrogens is 2. The number of sulfonamides is 1. The van der Waals surface area contributed by atoms with Crippen molar-refractivity contribution in [3.8, 4) is 5.75 Å². The summed E-state index contributed by atoms with van der Waals surface area (Å²) in [5.74, 6) is 0.413. The molecule has 1 aliphatic rings. The van der Waals surface area contributed by atoms with E-state index in [-0.39, 0.29) is 59.6 Å². The van der Waals surface area contributed by atoms with Gasteiger partial charge in [-0.25, -0.2) is 13.0 Å². The Morgan fingerprint density at radius 3 is 2.45 bits per heavy atom. The van der Waals surface area contributed by atoms with E-state index in [1.165, 1.54) is 16.4 Å². The molecule has 2 aromatic carbocycles. The van der Waals surface area contributed by atoms with E-state index >= 15 is 0 Å². The van der Waals surface area contributed by atoms with Crippen LogP contribution >= 0.6 is 11.6 Å². The summed E-state index contributed by atoms with van der Waals surface area (Å²) in [5.41, 5.74) is 0.284. The second kappa shape index (κ2) is 7.97. The van der Waals surface area contributed by atoms with E-state index in [4.69, 9.17) is 16.3 Å². The minimum Gasteiger partial charge on any atom is -0.484 e. The fourth-order valence-electron chi connectivity index (χ4n) is 3.09. The average Bonchev–Trinajstić information content (AvgIpc) is 3.23. The fraction of sp³-hybridized carbons (Fsp3) is 0.278. The summed E-state index contributed by atoms with van der Waals surface area (Å²) in [6.45, 7) is 0.761. The third-order valence-electron chi connectivity index (χ3n) is 4.64. The van der Waals surface area contributed by atoms with E-state index in [0.29, 0.717) is 5.75 Å². The van der Waals surface area contributed by atoms with Crippen molar-refractivity contribution in [1.82, 2.24) is 19.5 Å². The molecule has 0 bridgehead atoms. The van der Waals surface area contributed by atoms with Gasteiger partial charge in [0.05, 0.1) is 5.02 Å². The minimum absolute atomic E-state index is 0.0228. The van der Waals surface area contributed by atoms with Crippen LogP contribution in [0.25, 0.3) is 11.0 Å². The summed E-state index contributed by atoms with van der Waals surface area (Å²) >= 11 is 6.01. The Hall–Kier alpha value is -2.69. The van der Waals surface area contributed by atoms with Crippen LogP contribution in [0.15, 0.2) is 52.0 Å². The SMILES string of the molecule is O=C(COc1ccccc1)N1CCN(S(=O)(=O)c2ccc(Cl)c3nonc23)CC1. The first-order valence-corrected chi connectivity index (χ1v) is 10.6.